The van der Waals surface area contributed by atoms with Gasteiger partial charge in [-0.3, -0.25) is 9.80 Å². The van der Waals surface area contributed by atoms with Crippen LogP contribution in [0, 0.1) is 5.82 Å². The van der Waals surface area contributed by atoms with E-state index in [2.05, 4.69) is 30.6 Å². The molecule has 0 amide bonds. The number of rotatable bonds is 2. The summed E-state index contributed by atoms with van der Waals surface area (Å²) in [4.78, 5) is 4.83. The first-order valence-electron chi connectivity index (χ1n) is 6.87. The predicted molar refractivity (Wildman–Crippen MR) is 77.4 cm³/mol. The van der Waals surface area contributed by atoms with Crippen molar-refractivity contribution in [3.05, 3.63) is 29.6 Å². The molecule has 0 aliphatic carbocycles. The Morgan fingerprint density at radius 1 is 1.16 bits per heavy atom. The number of hydrogen-bond acceptors (Lipinski definition) is 3. The molecule has 4 heteroatoms. The summed E-state index contributed by atoms with van der Waals surface area (Å²) in [6.07, 6.45) is 0. The molecule has 0 saturated carbocycles. The zero-order chi connectivity index (χ0) is 14.0. The van der Waals surface area contributed by atoms with Crippen molar-refractivity contribution >= 4 is 5.69 Å². The minimum Gasteiger partial charge on any atom is -0.398 e. The molecule has 0 bridgehead atoms. The summed E-state index contributed by atoms with van der Waals surface area (Å²) in [6, 6.07) is 4.61. The van der Waals surface area contributed by atoms with Crippen LogP contribution in [0.1, 0.15) is 26.3 Å². The van der Waals surface area contributed by atoms with Crippen molar-refractivity contribution < 1.29 is 4.39 Å². The Bertz CT molecular complexity index is 432. The highest BCUT2D eigenvalue weighted by atomic mass is 19.1. The van der Waals surface area contributed by atoms with Gasteiger partial charge in [-0.05, 0) is 44.5 Å². The highest BCUT2D eigenvalue weighted by Gasteiger charge is 2.25. The number of anilines is 1. The maximum Gasteiger partial charge on any atom is 0.123 e. The van der Waals surface area contributed by atoms with Gasteiger partial charge in [-0.15, -0.1) is 0 Å². The van der Waals surface area contributed by atoms with Crippen molar-refractivity contribution in [2.45, 2.75) is 32.9 Å². The lowest BCUT2D eigenvalue weighted by Gasteiger charge is -2.42. The van der Waals surface area contributed by atoms with Gasteiger partial charge in [-0.25, -0.2) is 4.39 Å². The van der Waals surface area contributed by atoms with Gasteiger partial charge in [0.1, 0.15) is 5.82 Å². The maximum absolute atomic E-state index is 13.2. The summed E-state index contributed by atoms with van der Waals surface area (Å²) < 4.78 is 13.2. The Labute approximate surface area is 115 Å². The van der Waals surface area contributed by atoms with E-state index in [4.69, 9.17) is 5.73 Å². The van der Waals surface area contributed by atoms with Crippen molar-refractivity contribution in [2.75, 3.05) is 31.9 Å². The molecule has 1 aromatic rings. The summed E-state index contributed by atoms with van der Waals surface area (Å²) in [6.45, 7) is 11.6. The Balaban J connectivity index is 1.94. The predicted octanol–water partition coefficient (Wildman–Crippen LogP) is 2.32. The minimum absolute atomic E-state index is 0.211. The number of nitrogen functional groups attached to an aromatic ring is 1. The van der Waals surface area contributed by atoms with Crippen LogP contribution in [0.5, 0.6) is 0 Å². The van der Waals surface area contributed by atoms with Crippen LogP contribution in [0.15, 0.2) is 18.2 Å². The Kier molecular flexibility index (Phi) is 4.11. The molecule has 2 N–H and O–H groups in total. The summed E-state index contributed by atoms with van der Waals surface area (Å²) in [5, 5.41) is 0. The molecule has 0 atom stereocenters. The third kappa shape index (κ3) is 3.67. The molecule has 2 rings (SSSR count). The van der Waals surface area contributed by atoms with Gasteiger partial charge in [0.15, 0.2) is 0 Å². The maximum atomic E-state index is 13.2. The van der Waals surface area contributed by atoms with Crippen LogP contribution >= 0.6 is 0 Å². The van der Waals surface area contributed by atoms with Crippen LogP contribution in [0.2, 0.25) is 0 Å². The number of benzene rings is 1. The normalized spacial score (nSPS) is 18.7. The molecular formula is C15H24FN3. The van der Waals surface area contributed by atoms with E-state index in [0.29, 0.717) is 5.69 Å². The van der Waals surface area contributed by atoms with E-state index in [-0.39, 0.29) is 11.4 Å². The van der Waals surface area contributed by atoms with Gasteiger partial charge >= 0.3 is 0 Å². The lowest BCUT2D eigenvalue weighted by molar-refractivity contribution is 0.0591. The van der Waals surface area contributed by atoms with Crippen LogP contribution in [-0.2, 0) is 6.54 Å². The van der Waals surface area contributed by atoms with Gasteiger partial charge in [-0.1, -0.05) is 0 Å². The van der Waals surface area contributed by atoms with Crippen molar-refractivity contribution in [3.8, 4) is 0 Å². The number of nitrogens with two attached hydrogens (primary N) is 1. The Morgan fingerprint density at radius 2 is 1.79 bits per heavy atom. The van der Waals surface area contributed by atoms with Gasteiger partial charge in [-0.2, -0.15) is 0 Å². The van der Waals surface area contributed by atoms with E-state index in [1.165, 1.54) is 6.07 Å². The molecule has 1 aliphatic heterocycles. The molecule has 1 heterocycles. The molecule has 19 heavy (non-hydrogen) atoms. The molecule has 0 unspecified atom stereocenters. The van der Waals surface area contributed by atoms with E-state index in [0.717, 1.165) is 38.3 Å². The second kappa shape index (κ2) is 5.47. The van der Waals surface area contributed by atoms with Crippen LogP contribution in [0.3, 0.4) is 0 Å². The van der Waals surface area contributed by atoms with Gasteiger partial charge in [0.25, 0.3) is 0 Å². The quantitative estimate of drug-likeness (QED) is 0.833. The summed E-state index contributed by atoms with van der Waals surface area (Å²) >= 11 is 0. The standard InChI is InChI=1S/C15H24FN3/c1-15(2,3)19-8-6-18(7-9-19)11-12-10-13(16)4-5-14(12)17/h4-5,10H,6-9,11,17H2,1-3H3. The fourth-order valence-corrected chi connectivity index (χ4v) is 2.53. The van der Waals surface area contributed by atoms with Crippen molar-refractivity contribution in [1.29, 1.82) is 0 Å². The third-order valence-corrected chi connectivity index (χ3v) is 3.82. The average Bonchev–Trinajstić information content (AvgIpc) is 2.33. The topological polar surface area (TPSA) is 32.5 Å². The second-order valence-corrected chi connectivity index (χ2v) is 6.28. The van der Waals surface area contributed by atoms with Crippen LogP contribution in [0.25, 0.3) is 0 Å². The molecule has 3 nitrogen and oxygen atoms in total. The van der Waals surface area contributed by atoms with E-state index in [1.807, 2.05) is 0 Å². The van der Waals surface area contributed by atoms with Gasteiger partial charge < -0.3 is 5.73 Å². The highest BCUT2D eigenvalue weighted by molar-refractivity contribution is 5.46. The summed E-state index contributed by atoms with van der Waals surface area (Å²) in [5.41, 5.74) is 7.70. The molecule has 0 radical (unpaired) electrons. The molecule has 1 aromatic carbocycles. The second-order valence-electron chi connectivity index (χ2n) is 6.28. The van der Waals surface area contributed by atoms with Crippen molar-refractivity contribution in [1.82, 2.24) is 9.80 Å². The molecule has 0 aromatic heterocycles. The lowest BCUT2D eigenvalue weighted by Crippen LogP contribution is -2.53. The van der Waals surface area contributed by atoms with Gasteiger partial charge in [0.05, 0.1) is 0 Å². The zero-order valence-corrected chi connectivity index (χ0v) is 12.1. The average molecular weight is 265 g/mol. The molecule has 0 spiro atoms. The van der Waals surface area contributed by atoms with Crippen LogP contribution in [-0.4, -0.2) is 41.5 Å². The monoisotopic (exact) mass is 265 g/mol. The number of nitrogens with zero attached hydrogens (tertiary/aromatic N) is 2. The summed E-state index contributed by atoms with van der Waals surface area (Å²) in [7, 11) is 0. The molecule has 106 valence electrons. The lowest BCUT2D eigenvalue weighted by atomic mass is 10.0. The highest BCUT2D eigenvalue weighted by Crippen LogP contribution is 2.19. The summed E-state index contributed by atoms with van der Waals surface area (Å²) in [5.74, 6) is -0.211. The fourth-order valence-electron chi connectivity index (χ4n) is 2.53. The van der Waals surface area contributed by atoms with Crippen molar-refractivity contribution in [3.63, 3.8) is 0 Å². The Morgan fingerprint density at radius 3 is 2.37 bits per heavy atom. The van der Waals surface area contributed by atoms with Gasteiger partial charge in [0, 0.05) is 44.0 Å². The first kappa shape index (κ1) is 14.3. The number of hydrogen-bond donors (Lipinski definition) is 1. The van der Waals surface area contributed by atoms with E-state index in [9.17, 15) is 4.39 Å². The number of halogens is 1. The van der Waals surface area contributed by atoms with E-state index in [1.54, 1.807) is 12.1 Å². The minimum atomic E-state index is -0.211. The molecular weight excluding hydrogens is 241 g/mol. The molecule has 1 fully saturated rings. The first-order valence-corrected chi connectivity index (χ1v) is 6.87. The fraction of sp³-hybridized carbons (Fsp3) is 0.600. The molecule has 1 saturated heterocycles. The zero-order valence-electron chi connectivity index (χ0n) is 12.1. The van der Waals surface area contributed by atoms with Crippen LogP contribution < -0.4 is 5.73 Å². The van der Waals surface area contributed by atoms with Gasteiger partial charge in [0.2, 0.25) is 0 Å². The largest absolute Gasteiger partial charge is 0.398 e. The first-order chi connectivity index (χ1) is 8.86. The van der Waals surface area contributed by atoms with Crippen molar-refractivity contribution in [2.24, 2.45) is 0 Å². The third-order valence-electron chi connectivity index (χ3n) is 3.82. The van der Waals surface area contributed by atoms with Crippen LogP contribution in [0.4, 0.5) is 10.1 Å². The van der Waals surface area contributed by atoms with E-state index >= 15 is 0 Å². The SMILES string of the molecule is CC(C)(C)N1CCN(Cc2cc(F)ccc2N)CC1. The number of piperazine rings is 1. The Hall–Kier alpha value is -1.13. The smallest absolute Gasteiger partial charge is 0.123 e. The van der Waals surface area contributed by atoms with E-state index < -0.39 is 0 Å². The molecule has 1 aliphatic rings.